The number of rotatable bonds is 3. The number of aryl methyl sites for hydroxylation is 1. The first-order valence-corrected chi connectivity index (χ1v) is 6.75. The molecule has 0 aliphatic rings. The number of hydrogen-bond acceptors (Lipinski definition) is 4. The standard InChI is InChI=1S/C16H15N3O2/c1-3-21-16(20)13-10-19(2)18-15(13)12-7-6-11-5-4-8-17-14(11)9-12/h4-10H,3H2,1-2H3. The Hall–Kier alpha value is -2.69. The van der Waals surface area contributed by atoms with E-state index in [1.54, 1.807) is 31.0 Å². The molecule has 106 valence electrons. The smallest absolute Gasteiger partial charge is 0.341 e. The molecule has 2 aromatic heterocycles. The maximum absolute atomic E-state index is 12.0. The van der Waals surface area contributed by atoms with Crippen LogP contribution in [0.5, 0.6) is 0 Å². The second-order valence-electron chi connectivity index (χ2n) is 4.70. The maximum Gasteiger partial charge on any atom is 0.341 e. The summed E-state index contributed by atoms with van der Waals surface area (Å²) in [5.41, 5.74) is 2.80. The SMILES string of the molecule is CCOC(=O)c1cn(C)nc1-c1ccc2cccnc2c1. The zero-order valence-electron chi connectivity index (χ0n) is 11.9. The summed E-state index contributed by atoms with van der Waals surface area (Å²) in [5, 5.41) is 5.43. The van der Waals surface area contributed by atoms with Crippen molar-refractivity contribution in [1.82, 2.24) is 14.8 Å². The summed E-state index contributed by atoms with van der Waals surface area (Å²) in [4.78, 5) is 16.4. The number of benzene rings is 1. The minimum atomic E-state index is -0.360. The number of ether oxygens (including phenoxy) is 1. The molecule has 2 heterocycles. The molecule has 0 amide bonds. The van der Waals surface area contributed by atoms with E-state index in [1.165, 1.54) is 0 Å². The Kier molecular flexibility index (Phi) is 3.39. The first kappa shape index (κ1) is 13.3. The van der Waals surface area contributed by atoms with E-state index in [-0.39, 0.29) is 5.97 Å². The van der Waals surface area contributed by atoms with Gasteiger partial charge in [0.25, 0.3) is 0 Å². The number of carbonyl (C=O) groups is 1. The highest BCUT2D eigenvalue weighted by Gasteiger charge is 2.18. The van der Waals surface area contributed by atoms with Gasteiger partial charge in [-0.15, -0.1) is 0 Å². The Morgan fingerprint density at radius 3 is 3.00 bits per heavy atom. The Morgan fingerprint density at radius 2 is 2.19 bits per heavy atom. The lowest BCUT2D eigenvalue weighted by atomic mass is 10.1. The molecule has 0 aliphatic carbocycles. The first-order chi connectivity index (χ1) is 10.2. The fourth-order valence-electron chi connectivity index (χ4n) is 2.27. The summed E-state index contributed by atoms with van der Waals surface area (Å²) < 4.78 is 6.70. The zero-order chi connectivity index (χ0) is 14.8. The number of carbonyl (C=O) groups excluding carboxylic acids is 1. The Morgan fingerprint density at radius 1 is 1.33 bits per heavy atom. The molecule has 0 fully saturated rings. The van der Waals surface area contributed by atoms with E-state index in [0.717, 1.165) is 16.5 Å². The summed E-state index contributed by atoms with van der Waals surface area (Å²) in [6, 6.07) is 9.74. The minimum absolute atomic E-state index is 0.340. The van der Waals surface area contributed by atoms with Gasteiger partial charge >= 0.3 is 5.97 Å². The van der Waals surface area contributed by atoms with Crippen molar-refractivity contribution in [2.75, 3.05) is 6.61 Å². The Bertz CT molecular complexity index is 808. The van der Waals surface area contributed by atoms with E-state index in [4.69, 9.17) is 4.74 Å². The quantitative estimate of drug-likeness (QED) is 0.693. The third-order valence-corrected chi connectivity index (χ3v) is 3.20. The largest absolute Gasteiger partial charge is 0.462 e. The zero-order valence-corrected chi connectivity index (χ0v) is 11.9. The highest BCUT2D eigenvalue weighted by Crippen LogP contribution is 2.25. The predicted molar refractivity (Wildman–Crippen MR) is 79.9 cm³/mol. The topological polar surface area (TPSA) is 57.0 Å². The van der Waals surface area contributed by atoms with Gasteiger partial charge in [-0.3, -0.25) is 9.67 Å². The van der Waals surface area contributed by atoms with Crippen molar-refractivity contribution in [3.63, 3.8) is 0 Å². The van der Waals surface area contributed by atoms with Gasteiger partial charge in [-0.05, 0) is 19.1 Å². The van der Waals surface area contributed by atoms with Crippen LogP contribution in [0.15, 0.2) is 42.7 Å². The monoisotopic (exact) mass is 281 g/mol. The lowest BCUT2D eigenvalue weighted by Crippen LogP contribution is -2.05. The Balaban J connectivity index is 2.11. The number of aromatic nitrogens is 3. The predicted octanol–water partition coefficient (Wildman–Crippen LogP) is 2.81. The van der Waals surface area contributed by atoms with Gasteiger partial charge in [0.2, 0.25) is 0 Å². The molecule has 0 radical (unpaired) electrons. The molecule has 3 rings (SSSR count). The van der Waals surface area contributed by atoms with E-state index in [2.05, 4.69) is 10.1 Å². The van der Waals surface area contributed by atoms with Gasteiger partial charge in [-0.2, -0.15) is 5.10 Å². The molecule has 0 bridgehead atoms. The lowest BCUT2D eigenvalue weighted by molar-refractivity contribution is 0.0527. The molecular formula is C16H15N3O2. The van der Waals surface area contributed by atoms with E-state index in [0.29, 0.717) is 17.9 Å². The number of pyridine rings is 1. The Labute approximate surface area is 122 Å². The molecule has 5 nitrogen and oxygen atoms in total. The second kappa shape index (κ2) is 5.36. The third kappa shape index (κ3) is 2.50. The highest BCUT2D eigenvalue weighted by molar-refractivity contribution is 5.97. The van der Waals surface area contributed by atoms with Crippen LogP contribution in [-0.4, -0.2) is 27.3 Å². The van der Waals surface area contributed by atoms with Crippen LogP contribution in [0.4, 0.5) is 0 Å². The number of esters is 1. The molecule has 0 aliphatic heterocycles. The van der Waals surface area contributed by atoms with Crippen LogP contribution in [-0.2, 0) is 11.8 Å². The van der Waals surface area contributed by atoms with Crippen LogP contribution in [0.2, 0.25) is 0 Å². The molecule has 3 aromatic rings. The van der Waals surface area contributed by atoms with Crippen LogP contribution in [0.3, 0.4) is 0 Å². The normalized spacial score (nSPS) is 10.8. The fraction of sp³-hybridized carbons (Fsp3) is 0.188. The van der Waals surface area contributed by atoms with Gasteiger partial charge in [0, 0.05) is 30.4 Å². The molecule has 0 spiro atoms. The molecule has 0 saturated heterocycles. The van der Waals surface area contributed by atoms with Crippen LogP contribution in [0.1, 0.15) is 17.3 Å². The molecule has 0 saturated carbocycles. The molecule has 1 aromatic carbocycles. The lowest BCUT2D eigenvalue weighted by Gasteiger charge is -2.04. The van der Waals surface area contributed by atoms with Crippen molar-refractivity contribution in [2.45, 2.75) is 6.92 Å². The van der Waals surface area contributed by atoms with E-state index >= 15 is 0 Å². The summed E-state index contributed by atoms with van der Waals surface area (Å²) in [5.74, 6) is -0.360. The van der Waals surface area contributed by atoms with Crippen LogP contribution in [0.25, 0.3) is 22.2 Å². The van der Waals surface area contributed by atoms with Gasteiger partial charge in [0.05, 0.1) is 12.1 Å². The van der Waals surface area contributed by atoms with Crippen LogP contribution >= 0.6 is 0 Å². The average Bonchev–Trinajstić information content (AvgIpc) is 2.89. The molecular weight excluding hydrogens is 266 g/mol. The fourth-order valence-corrected chi connectivity index (χ4v) is 2.27. The third-order valence-electron chi connectivity index (χ3n) is 3.20. The van der Waals surface area contributed by atoms with Crippen molar-refractivity contribution in [3.8, 4) is 11.3 Å². The minimum Gasteiger partial charge on any atom is -0.462 e. The number of fused-ring (bicyclic) bond motifs is 1. The van der Waals surface area contributed by atoms with E-state index in [9.17, 15) is 4.79 Å². The average molecular weight is 281 g/mol. The molecule has 5 heteroatoms. The first-order valence-electron chi connectivity index (χ1n) is 6.75. The van der Waals surface area contributed by atoms with Crippen LogP contribution < -0.4 is 0 Å². The van der Waals surface area contributed by atoms with E-state index in [1.807, 2.05) is 30.3 Å². The van der Waals surface area contributed by atoms with Gasteiger partial charge in [0.1, 0.15) is 11.3 Å². The van der Waals surface area contributed by atoms with Crippen molar-refractivity contribution < 1.29 is 9.53 Å². The molecule has 0 atom stereocenters. The van der Waals surface area contributed by atoms with Gasteiger partial charge < -0.3 is 4.74 Å². The summed E-state index contributed by atoms with van der Waals surface area (Å²) in [6.45, 7) is 2.13. The van der Waals surface area contributed by atoms with Crippen molar-refractivity contribution in [2.24, 2.45) is 7.05 Å². The maximum atomic E-state index is 12.0. The molecule has 0 unspecified atom stereocenters. The van der Waals surface area contributed by atoms with Crippen LogP contribution in [0, 0.1) is 0 Å². The van der Waals surface area contributed by atoms with E-state index < -0.39 is 0 Å². The van der Waals surface area contributed by atoms with Crippen molar-refractivity contribution >= 4 is 16.9 Å². The number of nitrogens with zero attached hydrogens (tertiary/aromatic N) is 3. The molecule has 21 heavy (non-hydrogen) atoms. The summed E-state index contributed by atoms with van der Waals surface area (Å²) in [6.07, 6.45) is 3.42. The second-order valence-corrected chi connectivity index (χ2v) is 4.70. The van der Waals surface area contributed by atoms with Crippen molar-refractivity contribution in [3.05, 3.63) is 48.3 Å². The van der Waals surface area contributed by atoms with Gasteiger partial charge in [-0.1, -0.05) is 18.2 Å². The van der Waals surface area contributed by atoms with Gasteiger partial charge in [0.15, 0.2) is 0 Å². The highest BCUT2D eigenvalue weighted by atomic mass is 16.5. The molecule has 0 N–H and O–H groups in total. The number of hydrogen-bond donors (Lipinski definition) is 0. The van der Waals surface area contributed by atoms with Gasteiger partial charge in [-0.25, -0.2) is 4.79 Å². The summed E-state index contributed by atoms with van der Waals surface area (Å²) in [7, 11) is 1.78. The summed E-state index contributed by atoms with van der Waals surface area (Å²) >= 11 is 0. The van der Waals surface area contributed by atoms with Crippen molar-refractivity contribution in [1.29, 1.82) is 0 Å².